The Bertz CT molecular complexity index is 3820. The normalized spacial score (nSPS) is 14.6. The van der Waals surface area contributed by atoms with E-state index >= 15 is 0 Å². The van der Waals surface area contributed by atoms with Crippen molar-refractivity contribution in [3.05, 3.63) is 187 Å². The summed E-state index contributed by atoms with van der Waals surface area (Å²) in [5, 5.41) is 4.08. The molecule has 9 aromatic rings. The second-order valence-corrected chi connectivity index (χ2v) is 22.2. The number of anilines is 14. The number of fused-ring (bicyclic) bond motifs is 12. The Morgan fingerprint density at radius 2 is 0.708 bits per heavy atom. The van der Waals surface area contributed by atoms with Crippen LogP contribution in [0.4, 0.5) is 79.6 Å². The maximum atomic E-state index is 4.08. The molecule has 6 aliphatic heterocycles. The average molecular weight is 981 g/mol. The van der Waals surface area contributed by atoms with Gasteiger partial charge in [-0.1, -0.05) is 84.9 Å². The van der Waals surface area contributed by atoms with Crippen molar-refractivity contribution in [3.8, 4) is 0 Å². The Labute approximate surface area is 436 Å². The van der Waals surface area contributed by atoms with Crippen molar-refractivity contribution in [1.82, 2.24) is 0 Å². The van der Waals surface area contributed by atoms with Gasteiger partial charge >= 0.3 is 0 Å². The summed E-state index contributed by atoms with van der Waals surface area (Å²) < 4.78 is 7.57. The molecule has 0 aliphatic carbocycles. The van der Waals surface area contributed by atoms with Crippen molar-refractivity contribution in [2.45, 2.75) is 20.8 Å². The largest absolute Gasteiger partial charge is 0.356 e. The number of nitrogens with one attached hydrogen (secondary N) is 1. The number of hydrogen-bond acceptors (Lipinski definition) is 9. The molecule has 6 nitrogen and oxygen atoms in total. The van der Waals surface area contributed by atoms with Crippen LogP contribution in [0.5, 0.6) is 0 Å². The summed E-state index contributed by atoms with van der Waals surface area (Å²) in [5.41, 5.74) is 33.0. The van der Waals surface area contributed by atoms with Gasteiger partial charge in [-0.2, -0.15) is 0 Å². The zero-order valence-corrected chi connectivity index (χ0v) is 43.3. The van der Waals surface area contributed by atoms with Crippen LogP contribution < -0.4 is 77.2 Å². The van der Waals surface area contributed by atoms with Crippen molar-refractivity contribution >= 4 is 185 Å². The summed E-state index contributed by atoms with van der Waals surface area (Å²) >= 11 is 5.42. The topological polar surface area (TPSA) is 28.2 Å². The first-order valence-electron chi connectivity index (χ1n) is 24.8. The first kappa shape index (κ1) is 42.7. The van der Waals surface area contributed by atoms with Gasteiger partial charge in [-0.15, -0.1) is 0 Å². The van der Waals surface area contributed by atoms with Gasteiger partial charge in [-0.05, 0) is 207 Å². The molecule has 12 heteroatoms. The molecule has 0 aromatic heterocycles. The van der Waals surface area contributed by atoms with Gasteiger partial charge in [-0.25, -0.2) is 0 Å². The second-order valence-electron chi connectivity index (χ2n) is 20.0. The zero-order chi connectivity index (χ0) is 48.3. The van der Waals surface area contributed by atoms with Crippen LogP contribution in [0.3, 0.4) is 0 Å². The molecular weight excluding hydrogens is 933 g/mol. The summed E-state index contributed by atoms with van der Waals surface area (Å²) in [7, 11) is 0. The first-order chi connectivity index (χ1) is 35.3. The van der Waals surface area contributed by atoms with Gasteiger partial charge < -0.3 is 15.1 Å². The summed E-state index contributed by atoms with van der Waals surface area (Å²) in [5.74, 6) is 0. The fraction of sp³-hybridized carbons (Fsp3) is 0.100. The number of para-hydroxylation sites is 4. The lowest BCUT2D eigenvalue weighted by atomic mass is 9.29. The van der Waals surface area contributed by atoms with E-state index in [4.69, 9.17) is 0 Å². The summed E-state index contributed by atoms with van der Waals surface area (Å²) in [6.45, 7) is 6.78. The highest BCUT2D eigenvalue weighted by atomic mass is 32.2. The molecule has 0 radical (unpaired) electrons. The third kappa shape index (κ3) is 5.77. The smallest absolute Gasteiger partial charge is 0.252 e. The van der Waals surface area contributed by atoms with Crippen molar-refractivity contribution in [2.24, 2.45) is 0 Å². The summed E-state index contributed by atoms with van der Waals surface area (Å²) in [4.78, 5) is 4.98. The Morgan fingerprint density at radius 1 is 0.319 bits per heavy atom. The minimum Gasteiger partial charge on any atom is -0.356 e. The molecule has 0 saturated carbocycles. The molecule has 0 spiro atoms. The van der Waals surface area contributed by atoms with Gasteiger partial charge in [0.1, 0.15) is 0 Å². The second kappa shape index (κ2) is 15.8. The van der Waals surface area contributed by atoms with Crippen LogP contribution >= 0.6 is 35.8 Å². The minimum atomic E-state index is -0.0252. The minimum absolute atomic E-state index is 0.0252. The van der Waals surface area contributed by atoms with E-state index in [1.165, 1.54) is 145 Å². The number of nitrogens with zero attached hydrogens (tertiary/aromatic N) is 5. The molecule has 0 atom stereocenters. The maximum absolute atomic E-state index is 4.08. The molecule has 6 heterocycles. The molecule has 1 N–H and O–H groups in total. The number of benzene rings is 9. The SMILES string of the molecule is CSN1c2cc3c(cc2B2c4cc5c(cc4N(SC)c4cc(C)cc1c42)N(SC)c1cc(C)cc2c1B5c1ccccc1N2c1ccccc1)B1c2ccccc2N(c2ccccc2)c2cc(C)cc(c21)N3. The van der Waals surface area contributed by atoms with E-state index in [-0.39, 0.29) is 20.1 Å². The average Bonchev–Trinajstić information content (AvgIpc) is 3.40. The molecule has 0 unspecified atom stereocenters. The lowest BCUT2D eigenvalue weighted by Gasteiger charge is -2.46. The zero-order valence-electron chi connectivity index (χ0n) is 40.9. The van der Waals surface area contributed by atoms with Gasteiger partial charge in [0.2, 0.25) is 0 Å². The molecule has 344 valence electrons. The third-order valence-electron chi connectivity index (χ3n) is 16.0. The van der Waals surface area contributed by atoms with E-state index in [0.717, 1.165) is 0 Å². The van der Waals surface area contributed by atoms with Crippen LogP contribution in [0.15, 0.2) is 170 Å². The molecule has 9 aromatic carbocycles. The Kier molecular flexibility index (Phi) is 9.34. The summed E-state index contributed by atoms with van der Waals surface area (Å²) in [6.07, 6.45) is 6.71. The highest BCUT2D eigenvalue weighted by Gasteiger charge is 2.49. The van der Waals surface area contributed by atoms with E-state index in [1.807, 2.05) is 11.9 Å². The lowest BCUT2D eigenvalue weighted by Crippen LogP contribution is -2.66. The van der Waals surface area contributed by atoms with Gasteiger partial charge in [-0.3, -0.25) is 12.9 Å². The van der Waals surface area contributed by atoms with E-state index < -0.39 is 0 Å². The number of aryl methyl sites for hydroxylation is 3. The molecule has 72 heavy (non-hydrogen) atoms. The Balaban J connectivity index is 0.993. The fourth-order valence-electron chi connectivity index (χ4n) is 13.4. The Hall–Kier alpha value is -6.98. The van der Waals surface area contributed by atoms with Crippen LogP contribution in [0, 0.1) is 20.8 Å². The van der Waals surface area contributed by atoms with E-state index in [0.29, 0.717) is 0 Å². The van der Waals surface area contributed by atoms with E-state index in [9.17, 15) is 0 Å². The van der Waals surface area contributed by atoms with E-state index in [2.05, 4.69) is 237 Å². The number of rotatable bonds is 5. The van der Waals surface area contributed by atoms with Crippen LogP contribution in [0.1, 0.15) is 16.7 Å². The van der Waals surface area contributed by atoms with Gasteiger partial charge in [0, 0.05) is 81.3 Å². The van der Waals surface area contributed by atoms with Crippen LogP contribution in [-0.4, -0.2) is 38.9 Å². The summed E-state index contributed by atoms with van der Waals surface area (Å²) in [6, 6.07) is 64.8. The molecular formula is C60H47B3N6S3. The molecule has 0 bridgehead atoms. The quantitative estimate of drug-likeness (QED) is 0.134. The molecule has 0 amide bonds. The molecule has 15 rings (SSSR count). The van der Waals surface area contributed by atoms with Crippen LogP contribution in [0.2, 0.25) is 0 Å². The fourth-order valence-corrected chi connectivity index (χ4v) is 15.5. The maximum Gasteiger partial charge on any atom is 0.252 e. The number of hydrogen-bond donors (Lipinski definition) is 1. The molecule has 0 fully saturated rings. The Morgan fingerprint density at radius 3 is 1.22 bits per heavy atom. The highest BCUT2D eigenvalue weighted by molar-refractivity contribution is 8.01. The lowest BCUT2D eigenvalue weighted by molar-refractivity contribution is 1.27. The van der Waals surface area contributed by atoms with Crippen molar-refractivity contribution in [1.29, 1.82) is 0 Å². The standard InChI is InChI=1S/C60H47B3N6S3/c1-35-25-47-58-53(26-35)65(38-17-9-7-10-18-38)48-23-15-13-21-40(48)61(58)42-31-43-50(33-46(42)64-47)67(70-4)56-29-37(3)30-57-60(56)63(43)45-32-44-51(34-52(45)69(57)72-6)68(71-5)55-28-36(2)27-54-59(55)62(44)41-22-14-16-24-49(41)66(54)39-19-11-8-12-20-39/h7-34,64H,1-6H3. The van der Waals surface area contributed by atoms with Crippen molar-refractivity contribution in [3.63, 3.8) is 0 Å². The predicted octanol–water partition coefficient (Wildman–Crippen LogP) is 9.97. The first-order valence-corrected chi connectivity index (χ1v) is 28.3. The monoisotopic (exact) mass is 980 g/mol. The van der Waals surface area contributed by atoms with Crippen LogP contribution in [-0.2, 0) is 0 Å². The third-order valence-corrected chi connectivity index (χ3v) is 18.2. The van der Waals surface area contributed by atoms with Gasteiger partial charge in [0.15, 0.2) is 0 Å². The molecule has 0 saturated heterocycles. The highest BCUT2D eigenvalue weighted by Crippen LogP contribution is 2.48. The van der Waals surface area contributed by atoms with Crippen molar-refractivity contribution < 1.29 is 0 Å². The van der Waals surface area contributed by atoms with Gasteiger partial charge in [0.05, 0.1) is 17.1 Å². The van der Waals surface area contributed by atoms with Gasteiger partial charge in [0.25, 0.3) is 20.1 Å². The predicted molar refractivity (Wildman–Crippen MR) is 320 cm³/mol. The van der Waals surface area contributed by atoms with Crippen molar-refractivity contribution in [2.75, 3.05) is 46.8 Å². The van der Waals surface area contributed by atoms with E-state index in [1.54, 1.807) is 23.9 Å². The molecule has 6 aliphatic rings. The van der Waals surface area contributed by atoms with Crippen LogP contribution in [0.25, 0.3) is 0 Å².